The molecule has 1 aliphatic rings. The van der Waals surface area contributed by atoms with E-state index in [2.05, 4.69) is 22.2 Å². The van der Waals surface area contributed by atoms with Crippen molar-refractivity contribution < 1.29 is 14.0 Å². The number of aromatic nitrogens is 3. The molecule has 2 aromatic heterocycles. The van der Waals surface area contributed by atoms with Crippen LogP contribution in [-0.4, -0.2) is 26.6 Å². The number of aryl methyl sites for hydroxylation is 1. The standard InChI is InChI=1S/C24H20FN3O.C5H6N2OS/c1-16-13-23(17-5-3-2-4-6-17)27(24(16)29)21-11-12-22-18(14-21)15-26-28(22)20-9-7-19(25)8-10-20;1-3-4(5(6)8)9-2-7-3/h2-12,14-16,23H,13H2,1H3;2H,1H3,(H2,6,8)/t16-,23-;/m0./s1. The van der Waals surface area contributed by atoms with Crippen molar-refractivity contribution in [3.05, 3.63) is 106 Å². The summed E-state index contributed by atoms with van der Waals surface area (Å²) in [5.41, 5.74) is 11.0. The third-order valence-corrected chi connectivity index (χ3v) is 7.55. The van der Waals surface area contributed by atoms with Crippen molar-refractivity contribution in [3.63, 3.8) is 0 Å². The van der Waals surface area contributed by atoms with Crippen LogP contribution in [0.3, 0.4) is 0 Å². The second kappa shape index (κ2) is 10.5. The van der Waals surface area contributed by atoms with E-state index >= 15 is 0 Å². The number of carbonyl (C=O) groups excluding carboxylic acids is 2. The van der Waals surface area contributed by atoms with Crippen LogP contribution in [0.2, 0.25) is 0 Å². The lowest BCUT2D eigenvalue weighted by atomic mass is 10.0. The second-order valence-electron chi connectivity index (χ2n) is 9.18. The van der Waals surface area contributed by atoms with E-state index in [0.717, 1.165) is 34.3 Å². The van der Waals surface area contributed by atoms with Crippen LogP contribution in [-0.2, 0) is 4.79 Å². The first kappa shape index (κ1) is 25.3. The van der Waals surface area contributed by atoms with Gasteiger partial charge in [-0.05, 0) is 61.4 Å². The van der Waals surface area contributed by atoms with E-state index in [0.29, 0.717) is 10.6 Å². The summed E-state index contributed by atoms with van der Waals surface area (Å²) in [7, 11) is 0. The first-order chi connectivity index (χ1) is 18.3. The molecule has 0 bridgehead atoms. The zero-order valence-corrected chi connectivity index (χ0v) is 21.7. The predicted octanol–water partition coefficient (Wildman–Crippen LogP) is 5.83. The number of hydrogen-bond acceptors (Lipinski definition) is 5. The van der Waals surface area contributed by atoms with Crippen LogP contribution >= 0.6 is 11.3 Å². The molecule has 5 aromatic rings. The Balaban J connectivity index is 0.000000278. The monoisotopic (exact) mass is 527 g/mol. The van der Waals surface area contributed by atoms with Crippen LogP contribution in [0.5, 0.6) is 0 Å². The van der Waals surface area contributed by atoms with E-state index in [1.165, 1.54) is 23.5 Å². The number of benzene rings is 3. The molecule has 0 unspecified atom stereocenters. The fourth-order valence-electron chi connectivity index (χ4n) is 4.70. The summed E-state index contributed by atoms with van der Waals surface area (Å²) in [4.78, 5) is 29.7. The Morgan fingerprint density at radius 1 is 1.05 bits per heavy atom. The molecule has 0 aliphatic carbocycles. The summed E-state index contributed by atoms with van der Waals surface area (Å²) >= 11 is 1.27. The molecule has 38 heavy (non-hydrogen) atoms. The van der Waals surface area contributed by atoms with Crippen molar-refractivity contribution in [2.24, 2.45) is 11.7 Å². The van der Waals surface area contributed by atoms with Gasteiger partial charge < -0.3 is 10.6 Å². The first-order valence-corrected chi connectivity index (χ1v) is 13.0. The van der Waals surface area contributed by atoms with Crippen LogP contribution in [0, 0.1) is 18.7 Å². The van der Waals surface area contributed by atoms with Gasteiger partial charge in [-0.15, -0.1) is 11.3 Å². The summed E-state index contributed by atoms with van der Waals surface area (Å²) in [5, 5.41) is 5.40. The Bertz CT molecular complexity index is 1600. The summed E-state index contributed by atoms with van der Waals surface area (Å²) in [5.74, 6) is -0.543. The second-order valence-corrected chi connectivity index (χ2v) is 10.0. The van der Waals surface area contributed by atoms with Crippen LogP contribution in [0.1, 0.15) is 40.3 Å². The van der Waals surface area contributed by atoms with Gasteiger partial charge in [-0.2, -0.15) is 5.10 Å². The lowest BCUT2D eigenvalue weighted by Gasteiger charge is -2.25. The highest BCUT2D eigenvalue weighted by molar-refractivity contribution is 7.11. The first-order valence-electron chi connectivity index (χ1n) is 12.1. The number of nitrogens with zero attached hydrogens (tertiary/aromatic N) is 4. The largest absolute Gasteiger partial charge is 0.365 e. The molecule has 2 N–H and O–H groups in total. The minimum absolute atomic E-state index is 0.0159. The number of anilines is 1. The van der Waals surface area contributed by atoms with Crippen LogP contribution < -0.4 is 10.6 Å². The molecule has 1 saturated heterocycles. The summed E-state index contributed by atoms with van der Waals surface area (Å²) in [6.45, 7) is 3.75. The Labute approximate surface area is 223 Å². The average molecular weight is 528 g/mol. The number of primary amides is 1. The molecule has 0 radical (unpaired) electrons. The number of amides is 2. The highest BCUT2D eigenvalue weighted by Crippen LogP contribution is 2.40. The molecule has 1 aliphatic heterocycles. The van der Waals surface area contributed by atoms with Gasteiger partial charge in [0.05, 0.1) is 34.6 Å². The number of hydrogen-bond donors (Lipinski definition) is 1. The molecule has 7 nitrogen and oxygen atoms in total. The quantitative estimate of drug-likeness (QED) is 0.318. The number of carbonyl (C=O) groups is 2. The van der Waals surface area contributed by atoms with Crippen molar-refractivity contribution in [1.82, 2.24) is 14.8 Å². The van der Waals surface area contributed by atoms with Gasteiger partial charge >= 0.3 is 0 Å². The maximum Gasteiger partial charge on any atom is 0.260 e. The molecule has 3 aromatic carbocycles. The molecule has 9 heteroatoms. The van der Waals surface area contributed by atoms with E-state index in [1.807, 2.05) is 48.2 Å². The Hall–Kier alpha value is -4.37. The zero-order chi connectivity index (χ0) is 26.8. The third-order valence-electron chi connectivity index (χ3n) is 6.60. The van der Waals surface area contributed by atoms with Gasteiger partial charge in [-0.3, -0.25) is 9.59 Å². The lowest BCUT2D eigenvalue weighted by Crippen LogP contribution is -2.28. The minimum atomic E-state index is -0.394. The van der Waals surface area contributed by atoms with E-state index in [1.54, 1.807) is 35.4 Å². The maximum atomic E-state index is 13.2. The topological polar surface area (TPSA) is 94.1 Å². The SMILES string of the molecule is C[C@H]1C[C@@H](c2ccccc2)N(c2ccc3c(cnn3-c3ccc(F)cc3)c2)C1=O.Cc1ncsc1C(N)=O. The smallest absolute Gasteiger partial charge is 0.260 e. The Morgan fingerprint density at radius 3 is 2.39 bits per heavy atom. The number of halogens is 1. The van der Waals surface area contributed by atoms with Gasteiger partial charge in [0.15, 0.2) is 0 Å². The number of thiazole rings is 1. The molecular weight excluding hydrogens is 501 g/mol. The molecule has 2 atom stereocenters. The fraction of sp³-hybridized carbons (Fsp3) is 0.172. The van der Waals surface area contributed by atoms with E-state index < -0.39 is 5.91 Å². The minimum Gasteiger partial charge on any atom is -0.365 e. The van der Waals surface area contributed by atoms with Gasteiger partial charge in [-0.25, -0.2) is 14.1 Å². The number of nitrogens with two attached hydrogens (primary N) is 1. The molecular formula is C29H26FN5O2S. The molecule has 0 spiro atoms. The highest BCUT2D eigenvalue weighted by atomic mass is 32.1. The van der Waals surface area contributed by atoms with Gasteiger partial charge in [-0.1, -0.05) is 37.3 Å². The third kappa shape index (κ3) is 4.92. The van der Waals surface area contributed by atoms with E-state index in [9.17, 15) is 14.0 Å². The zero-order valence-electron chi connectivity index (χ0n) is 20.9. The van der Waals surface area contributed by atoms with Crippen molar-refractivity contribution in [2.45, 2.75) is 26.3 Å². The van der Waals surface area contributed by atoms with E-state index in [-0.39, 0.29) is 23.7 Å². The molecule has 2 amide bonds. The summed E-state index contributed by atoms with van der Waals surface area (Å²) < 4.78 is 15.0. The fourth-order valence-corrected chi connectivity index (χ4v) is 5.35. The lowest BCUT2D eigenvalue weighted by molar-refractivity contribution is -0.120. The van der Waals surface area contributed by atoms with Crippen molar-refractivity contribution >= 4 is 39.7 Å². The molecule has 3 heterocycles. The van der Waals surface area contributed by atoms with Gasteiger partial charge in [0.2, 0.25) is 5.91 Å². The molecule has 6 rings (SSSR count). The average Bonchev–Trinajstić information content (AvgIpc) is 3.62. The van der Waals surface area contributed by atoms with Crippen LogP contribution in [0.4, 0.5) is 10.1 Å². The van der Waals surface area contributed by atoms with Crippen molar-refractivity contribution in [3.8, 4) is 5.69 Å². The van der Waals surface area contributed by atoms with Gasteiger partial charge in [0.25, 0.3) is 5.91 Å². The number of rotatable bonds is 4. The Kier molecular flexibility index (Phi) is 7.02. The Morgan fingerprint density at radius 2 is 1.76 bits per heavy atom. The van der Waals surface area contributed by atoms with Crippen molar-refractivity contribution in [1.29, 1.82) is 0 Å². The summed E-state index contributed by atoms with van der Waals surface area (Å²) in [6.07, 6.45) is 2.58. The normalized spacial score (nSPS) is 16.9. The predicted molar refractivity (Wildman–Crippen MR) is 147 cm³/mol. The van der Waals surface area contributed by atoms with Crippen molar-refractivity contribution in [2.75, 3.05) is 4.90 Å². The highest BCUT2D eigenvalue weighted by Gasteiger charge is 2.38. The van der Waals surface area contributed by atoms with Gasteiger partial charge in [0.1, 0.15) is 10.7 Å². The number of fused-ring (bicyclic) bond motifs is 1. The van der Waals surface area contributed by atoms with E-state index in [4.69, 9.17) is 5.73 Å². The maximum absolute atomic E-state index is 13.2. The van der Waals surface area contributed by atoms with Gasteiger partial charge in [0, 0.05) is 17.0 Å². The summed E-state index contributed by atoms with van der Waals surface area (Å²) in [6, 6.07) is 22.4. The molecule has 0 saturated carbocycles. The molecule has 192 valence electrons. The van der Waals surface area contributed by atoms with Crippen LogP contribution in [0.15, 0.2) is 84.5 Å². The molecule has 1 fully saturated rings. The van der Waals surface area contributed by atoms with Crippen LogP contribution in [0.25, 0.3) is 16.6 Å².